The number of nitrogens with one attached hydrogen (secondary N) is 2. The second kappa shape index (κ2) is 10.7. The van der Waals surface area contributed by atoms with Crippen molar-refractivity contribution in [1.82, 2.24) is 0 Å². The van der Waals surface area contributed by atoms with Crippen molar-refractivity contribution >= 4 is 32.9 Å². The Bertz CT molecular complexity index is 1620. The van der Waals surface area contributed by atoms with E-state index >= 15 is 0 Å². The lowest BCUT2D eigenvalue weighted by molar-refractivity contribution is 0.470. The van der Waals surface area contributed by atoms with Crippen LogP contribution >= 0.6 is 0 Å². The van der Waals surface area contributed by atoms with E-state index in [1.165, 1.54) is 0 Å². The van der Waals surface area contributed by atoms with Crippen molar-refractivity contribution in [2.75, 3.05) is 10.6 Å². The Labute approximate surface area is 226 Å². The van der Waals surface area contributed by atoms with Crippen LogP contribution in [-0.4, -0.2) is 10.2 Å². The molecule has 6 aromatic rings. The van der Waals surface area contributed by atoms with Crippen molar-refractivity contribution in [3.05, 3.63) is 132 Å². The molecular weight excluding hydrogens is 484 g/mol. The second-order valence-corrected chi connectivity index (χ2v) is 9.43. The fraction of sp³-hybridized carbons (Fsp3) is 0.0588. The highest BCUT2D eigenvalue weighted by Crippen LogP contribution is 2.30. The van der Waals surface area contributed by atoms with Gasteiger partial charge in [-0.15, -0.1) is 0 Å². The maximum absolute atomic E-state index is 10.4. The Kier molecular flexibility index (Phi) is 6.62. The van der Waals surface area contributed by atoms with Gasteiger partial charge in [0.15, 0.2) is 0 Å². The smallest absolute Gasteiger partial charge is 0.127 e. The van der Waals surface area contributed by atoms with Crippen LogP contribution in [0.5, 0.6) is 23.0 Å². The Morgan fingerprint density at radius 1 is 0.462 bits per heavy atom. The van der Waals surface area contributed by atoms with E-state index in [0.29, 0.717) is 13.1 Å². The summed E-state index contributed by atoms with van der Waals surface area (Å²) in [5, 5.41) is 31.8. The monoisotopic (exact) mass is 512 g/mol. The van der Waals surface area contributed by atoms with Crippen molar-refractivity contribution in [1.29, 1.82) is 0 Å². The molecule has 0 aliphatic rings. The Morgan fingerprint density at radius 2 is 0.872 bits per heavy atom. The van der Waals surface area contributed by atoms with Crippen LogP contribution in [-0.2, 0) is 13.1 Å². The summed E-state index contributed by atoms with van der Waals surface area (Å²) in [6.07, 6.45) is 0. The van der Waals surface area contributed by atoms with Gasteiger partial charge in [-0.2, -0.15) is 0 Å². The van der Waals surface area contributed by atoms with Crippen LogP contribution in [0.3, 0.4) is 0 Å². The van der Waals surface area contributed by atoms with E-state index in [0.717, 1.165) is 55.5 Å². The van der Waals surface area contributed by atoms with Crippen LogP contribution in [0.15, 0.2) is 121 Å². The molecule has 0 saturated carbocycles. The first-order valence-corrected chi connectivity index (χ1v) is 12.9. The zero-order valence-electron chi connectivity index (χ0n) is 21.3. The van der Waals surface area contributed by atoms with Gasteiger partial charge >= 0.3 is 0 Å². The largest absolute Gasteiger partial charge is 0.508 e. The van der Waals surface area contributed by atoms with E-state index in [4.69, 9.17) is 4.74 Å². The number of benzene rings is 6. The summed E-state index contributed by atoms with van der Waals surface area (Å²) in [5.74, 6) is 2.03. The number of phenolic OH excluding ortho intramolecular Hbond substituents is 2. The molecule has 0 atom stereocenters. The van der Waals surface area contributed by atoms with Gasteiger partial charge < -0.3 is 25.6 Å². The van der Waals surface area contributed by atoms with Crippen molar-refractivity contribution in [2.24, 2.45) is 0 Å². The Hall–Kier alpha value is -5.16. The summed E-state index contributed by atoms with van der Waals surface area (Å²) in [6, 6.07) is 39.0. The van der Waals surface area contributed by atoms with Gasteiger partial charge in [-0.3, -0.25) is 0 Å². The van der Waals surface area contributed by atoms with Crippen LogP contribution < -0.4 is 15.4 Å². The molecule has 0 amide bonds. The number of rotatable bonds is 8. The molecular formula is C34H28N2O3. The zero-order chi connectivity index (χ0) is 26.6. The molecule has 0 aromatic heterocycles. The molecule has 39 heavy (non-hydrogen) atoms. The van der Waals surface area contributed by atoms with Crippen LogP contribution in [0.25, 0.3) is 21.5 Å². The molecule has 6 aromatic carbocycles. The summed E-state index contributed by atoms with van der Waals surface area (Å²) in [4.78, 5) is 0. The van der Waals surface area contributed by atoms with Crippen LogP contribution in [0.1, 0.15) is 11.1 Å². The first kappa shape index (κ1) is 24.2. The number of anilines is 2. The Balaban J connectivity index is 1.07. The predicted octanol–water partition coefficient (Wildman–Crippen LogP) is 8.42. The molecule has 0 aliphatic carbocycles. The normalized spacial score (nSPS) is 11.0. The molecule has 0 heterocycles. The molecule has 5 nitrogen and oxygen atoms in total. The average molecular weight is 513 g/mol. The highest BCUT2D eigenvalue weighted by atomic mass is 16.5. The first-order chi connectivity index (χ1) is 19.1. The van der Waals surface area contributed by atoms with Crippen molar-refractivity contribution < 1.29 is 14.9 Å². The highest BCUT2D eigenvalue weighted by Gasteiger charge is 2.08. The molecule has 0 saturated heterocycles. The highest BCUT2D eigenvalue weighted by molar-refractivity contribution is 5.88. The van der Waals surface area contributed by atoms with Gasteiger partial charge in [0, 0.05) is 35.6 Å². The summed E-state index contributed by atoms with van der Waals surface area (Å²) in [6.45, 7) is 1.02. The zero-order valence-corrected chi connectivity index (χ0v) is 21.3. The van der Waals surface area contributed by atoms with Crippen LogP contribution in [0.2, 0.25) is 0 Å². The fourth-order valence-electron chi connectivity index (χ4n) is 4.82. The average Bonchev–Trinajstić information content (AvgIpc) is 2.98. The lowest BCUT2D eigenvalue weighted by Crippen LogP contribution is -2.01. The minimum atomic E-state index is 0.285. The summed E-state index contributed by atoms with van der Waals surface area (Å²) >= 11 is 0. The number of phenols is 2. The maximum atomic E-state index is 10.4. The van der Waals surface area contributed by atoms with Gasteiger partial charge in [0.1, 0.15) is 23.0 Å². The molecule has 0 bridgehead atoms. The van der Waals surface area contributed by atoms with Crippen LogP contribution in [0, 0.1) is 0 Å². The molecule has 0 spiro atoms. The number of hydrogen-bond donors (Lipinski definition) is 4. The predicted molar refractivity (Wildman–Crippen MR) is 159 cm³/mol. The van der Waals surface area contributed by atoms with Crippen molar-refractivity contribution in [3.8, 4) is 23.0 Å². The number of aromatic hydroxyl groups is 2. The van der Waals surface area contributed by atoms with Crippen LogP contribution in [0.4, 0.5) is 11.4 Å². The topological polar surface area (TPSA) is 73.8 Å². The number of ether oxygens (including phenoxy) is 1. The van der Waals surface area contributed by atoms with E-state index < -0.39 is 0 Å². The van der Waals surface area contributed by atoms with E-state index in [1.54, 1.807) is 12.1 Å². The van der Waals surface area contributed by atoms with Gasteiger partial charge in [-0.05, 0) is 82.2 Å². The van der Waals surface area contributed by atoms with Gasteiger partial charge in [-0.25, -0.2) is 0 Å². The van der Waals surface area contributed by atoms with E-state index in [-0.39, 0.29) is 11.5 Å². The maximum Gasteiger partial charge on any atom is 0.127 e. The lowest BCUT2D eigenvalue weighted by Gasteiger charge is -2.13. The fourth-order valence-corrected chi connectivity index (χ4v) is 4.82. The third-order valence-corrected chi connectivity index (χ3v) is 6.91. The Morgan fingerprint density at radius 3 is 1.31 bits per heavy atom. The first-order valence-electron chi connectivity index (χ1n) is 12.9. The number of fused-ring (bicyclic) bond motifs is 2. The van der Waals surface area contributed by atoms with E-state index in [1.807, 2.05) is 109 Å². The minimum absolute atomic E-state index is 0.285. The standard InChI is InChI=1S/C34H28N2O3/c37-33-19-9-23-5-1-3-7-29(23)31(33)21-35-25-11-15-27(16-12-25)39-28-17-13-26(14-18-28)36-22-32-30-8-4-2-6-24(30)10-20-34(32)38/h1-20,35-38H,21-22H2. The molecule has 192 valence electrons. The van der Waals surface area contributed by atoms with Gasteiger partial charge in [0.2, 0.25) is 0 Å². The second-order valence-electron chi connectivity index (χ2n) is 9.43. The molecule has 6 rings (SSSR count). The van der Waals surface area contributed by atoms with Gasteiger partial charge in [0.05, 0.1) is 0 Å². The third-order valence-electron chi connectivity index (χ3n) is 6.91. The van der Waals surface area contributed by atoms with Gasteiger partial charge in [0.25, 0.3) is 0 Å². The lowest BCUT2D eigenvalue weighted by atomic mass is 10.0. The van der Waals surface area contributed by atoms with Crippen molar-refractivity contribution in [2.45, 2.75) is 13.1 Å². The molecule has 0 aliphatic heterocycles. The van der Waals surface area contributed by atoms with Crippen molar-refractivity contribution in [3.63, 3.8) is 0 Å². The SMILES string of the molecule is Oc1ccc2ccccc2c1CNc1ccc(Oc2ccc(NCc3c(O)ccc4ccccc34)cc2)cc1. The summed E-state index contributed by atoms with van der Waals surface area (Å²) in [5.41, 5.74) is 3.62. The van der Waals surface area contributed by atoms with E-state index in [2.05, 4.69) is 10.6 Å². The molecule has 0 unspecified atom stereocenters. The summed E-state index contributed by atoms with van der Waals surface area (Å²) in [7, 11) is 0. The molecule has 4 N–H and O–H groups in total. The minimum Gasteiger partial charge on any atom is -0.508 e. The molecule has 0 radical (unpaired) electrons. The summed E-state index contributed by atoms with van der Waals surface area (Å²) < 4.78 is 6.03. The number of hydrogen-bond acceptors (Lipinski definition) is 5. The molecule has 5 heteroatoms. The molecule has 0 fully saturated rings. The van der Waals surface area contributed by atoms with Gasteiger partial charge in [-0.1, -0.05) is 60.7 Å². The third kappa shape index (κ3) is 5.29. The van der Waals surface area contributed by atoms with E-state index in [9.17, 15) is 10.2 Å². The quantitative estimate of drug-likeness (QED) is 0.165.